The smallest absolute Gasteiger partial charge is 0.308 e. The van der Waals surface area contributed by atoms with Crippen LogP contribution >= 0.6 is 0 Å². The number of amides is 2. The fraction of sp³-hybridized carbons (Fsp3) is 0.609. The lowest BCUT2D eigenvalue weighted by Crippen LogP contribution is -2.58. The van der Waals surface area contributed by atoms with E-state index in [1.54, 1.807) is 5.01 Å². The molecule has 0 saturated carbocycles. The van der Waals surface area contributed by atoms with Crippen molar-refractivity contribution in [2.75, 3.05) is 44.8 Å². The summed E-state index contributed by atoms with van der Waals surface area (Å²) in [6.45, 7) is 5.41. The zero-order valence-electron chi connectivity index (χ0n) is 18.3. The lowest BCUT2D eigenvalue weighted by molar-refractivity contribution is -0.150. The molecule has 3 fully saturated rings. The molecule has 3 saturated heterocycles. The third-order valence-electron chi connectivity index (χ3n) is 6.81. The molecule has 3 aliphatic rings. The Kier molecular flexibility index (Phi) is 6.57. The van der Waals surface area contributed by atoms with Crippen molar-refractivity contribution >= 4 is 23.5 Å². The zero-order valence-corrected chi connectivity index (χ0v) is 18.3. The summed E-state index contributed by atoms with van der Waals surface area (Å²) in [7, 11) is 1.41. The number of esters is 1. The zero-order chi connectivity index (χ0) is 22.0. The van der Waals surface area contributed by atoms with E-state index in [2.05, 4.69) is 17.2 Å². The number of hydrogen-bond acceptors (Lipinski definition) is 6. The second kappa shape index (κ2) is 9.36. The van der Waals surface area contributed by atoms with E-state index >= 15 is 0 Å². The van der Waals surface area contributed by atoms with Crippen LogP contribution in [0.25, 0.3) is 0 Å². The molecule has 3 heterocycles. The van der Waals surface area contributed by atoms with Crippen LogP contribution in [0.2, 0.25) is 0 Å². The number of hydrogen-bond donors (Lipinski definition) is 1. The summed E-state index contributed by atoms with van der Waals surface area (Å²) in [6.07, 6.45) is 2.23. The maximum atomic E-state index is 13.6. The number of ether oxygens (including phenoxy) is 1. The molecule has 2 amide bonds. The van der Waals surface area contributed by atoms with E-state index in [-0.39, 0.29) is 41.6 Å². The molecule has 0 aliphatic carbocycles. The maximum Gasteiger partial charge on any atom is 0.308 e. The van der Waals surface area contributed by atoms with Crippen molar-refractivity contribution in [3.05, 3.63) is 30.3 Å². The van der Waals surface area contributed by atoms with Crippen molar-refractivity contribution in [3.8, 4) is 0 Å². The molecule has 0 bridgehead atoms. The summed E-state index contributed by atoms with van der Waals surface area (Å²) in [6, 6.07) is 9.32. The molecular weight excluding hydrogens is 396 g/mol. The van der Waals surface area contributed by atoms with Gasteiger partial charge in [0.25, 0.3) is 0 Å². The Morgan fingerprint density at radius 2 is 1.84 bits per heavy atom. The number of carbonyl (C=O) groups is 3. The molecule has 8 nitrogen and oxygen atoms in total. The number of benzene rings is 1. The standard InChI is InChI=1S/C23H32N4O4/c1-3-11-25-14-18(21(28)26-12-9-16(10-13-26)23(30)31-2)20-19(15-25)22(29)27(24-20)17-7-5-4-6-8-17/h4-8,16,18-20,24H,3,9-15H2,1-2H3. The molecule has 4 rings (SSSR count). The first-order chi connectivity index (χ1) is 15.0. The maximum absolute atomic E-state index is 13.6. The SMILES string of the molecule is CCCN1CC(C(=O)N2CCC(C(=O)OC)CC2)C2NN(c3ccccc3)C(=O)C2C1. The van der Waals surface area contributed by atoms with Gasteiger partial charge in [-0.2, -0.15) is 0 Å². The molecule has 0 aromatic heterocycles. The predicted molar refractivity (Wildman–Crippen MR) is 116 cm³/mol. The summed E-state index contributed by atoms with van der Waals surface area (Å²) >= 11 is 0. The number of nitrogens with one attached hydrogen (secondary N) is 1. The number of likely N-dealkylation sites (tertiary alicyclic amines) is 2. The molecule has 3 atom stereocenters. The molecule has 3 aliphatic heterocycles. The number of rotatable bonds is 5. The lowest BCUT2D eigenvalue weighted by Gasteiger charge is -2.41. The van der Waals surface area contributed by atoms with E-state index in [0.29, 0.717) is 39.0 Å². The second-order valence-electron chi connectivity index (χ2n) is 8.76. The molecule has 3 unspecified atom stereocenters. The summed E-state index contributed by atoms with van der Waals surface area (Å²) < 4.78 is 4.86. The first-order valence-electron chi connectivity index (χ1n) is 11.3. The number of methoxy groups -OCH3 is 1. The van der Waals surface area contributed by atoms with E-state index in [4.69, 9.17) is 4.74 Å². The Morgan fingerprint density at radius 3 is 2.48 bits per heavy atom. The van der Waals surface area contributed by atoms with Crippen LogP contribution in [-0.2, 0) is 19.1 Å². The Hall–Kier alpha value is -2.45. The highest BCUT2D eigenvalue weighted by Gasteiger charge is 2.51. The third kappa shape index (κ3) is 4.32. The number of para-hydroxylation sites is 1. The van der Waals surface area contributed by atoms with Crippen LogP contribution in [0.5, 0.6) is 0 Å². The van der Waals surface area contributed by atoms with Gasteiger partial charge in [0.15, 0.2) is 0 Å². The number of anilines is 1. The van der Waals surface area contributed by atoms with E-state index in [0.717, 1.165) is 18.7 Å². The largest absolute Gasteiger partial charge is 0.469 e. The van der Waals surface area contributed by atoms with Gasteiger partial charge in [-0.3, -0.25) is 14.4 Å². The van der Waals surface area contributed by atoms with Gasteiger partial charge in [0.1, 0.15) is 0 Å². The number of carbonyl (C=O) groups excluding carboxylic acids is 3. The van der Waals surface area contributed by atoms with E-state index in [9.17, 15) is 14.4 Å². The average molecular weight is 429 g/mol. The van der Waals surface area contributed by atoms with Crippen molar-refractivity contribution < 1.29 is 19.1 Å². The van der Waals surface area contributed by atoms with Crippen molar-refractivity contribution in [3.63, 3.8) is 0 Å². The van der Waals surface area contributed by atoms with Gasteiger partial charge >= 0.3 is 5.97 Å². The van der Waals surface area contributed by atoms with Gasteiger partial charge in [0.2, 0.25) is 11.8 Å². The van der Waals surface area contributed by atoms with Crippen LogP contribution in [0.15, 0.2) is 30.3 Å². The predicted octanol–water partition coefficient (Wildman–Crippen LogP) is 1.28. The number of fused-ring (bicyclic) bond motifs is 1. The quantitative estimate of drug-likeness (QED) is 0.712. The van der Waals surface area contributed by atoms with Crippen LogP contribution in [0, 0.1) is 17.8 Å². The summed E-state index contributed by atoms with van der Waals surface area (Å²) in [4.78, 5) is 42.7. The molecule has 168 valence electrons. The van der Waals surface area contributed by atoms with E-state index < -0.39 is 0 Å². The van der Waals surface area contributed by atoms with Crippen LogP contribution < -0.4 is 10.4 Å². The third-order valence-corrected chi connectivity index (χ3v) is 6.81. The van der Waals surface area contributed by atoms with Crippen molar-refractivity contribution in [1.29, 1.82) is 0 Å². The Morgan fingerprint density at radius 1 is 1.13 bits per heavy atom. The van der Waals surface area contributed by atoms with E-state index in [1.165, 1.54) is 7.11 Å². The fourth-order valence-electron chi connectivity index (χ4n) is 5.17. The lowest BCUT2D eigenvalue weighted by atomic mass is 9.83. The summed E-state index contributed by atoms with van der Waals surface area (Å²) in [5, 5.41) is 1.62. The van der Waals surface area contributed by atoms with Gasteiger partial charge in [0, 0.05) is 26.2 Å². The Labute approximate surface area is 183 Å². The Balaban J connectivity index is 1.51. The van der Waals surface area contributed by atoms with Crippen LogP contribution in [0.4, 0.5) is 5.69 Å². The minimum absolute atomic E-state index is 0.0270. The topological polar surface area (TPSA) is 82.2 Å². The second-order valence-corrected chi connectivity index (χ2v) is 8.76. The van der Waals surface area contributed by atoms with Crippen LogP contribution in [-0.4, -0.2) is 73.5 Å². The summed E-state index contributed by atoms with van der Waals surface area (Å²) in [5.41, 5.74) is 4.16. The molecular formula is C23H32N4O4. The molecule has 0 spiro atoms. The Bertz CT molecular complexity index is 809. The highest BCUT2D eigenvalue weighted by molar-refractivity contribution is 5.98. The van der Waals surface area contributed by atoms with Gasteiger partial charge in [0.05, 0.1) is 36.6 Å². The molecule has 31 heavy (non-hydrogen) atoms. The molecule has 1 aromatic rings. The van der Waals surface area contributed by atoms with Gasteiger partial charge in [-0.05, 0) is 37.9 Å². The van der Waals surface area contributed by atoms with Crippen LogP contribution in [0.3, 0.4) is 0 Å². The van der Waals surface area contributed by atoms with E-state index in [1.807, 2.05) is 35.2 Å². The van der Waals surface area contributed by atoms with Gasteiger partial charge in [-0.1, -0.05) is 25.1 Å². The molecule has 0 radical (unpaired) electrons. The minimum Gasteiger partial charge on any atom is -0.469 e. The van der Waals surface area contributed by atoms with Crippen molar-refractivity contribution in [2.24, 2.45) is 17.8 Å². The van der Waals surface area contributed by atoms with Gasteiger partial charge < -0.3 is 14.5 Å². The molecule has 1 N–H and O–H groups in total. The van der Waals surface area contributed by atoms with Gasteiger partial charge in [-0.15, -0.1) is 0 Å². The number of nitrogens with zero attached hydrogens (tertiary/aromatic N) is 3. The number of hydrazine groups is 1. The fourth-order valence-corrected chi connectivity index (χ4v) is 5.17. The molecule has 1 aromatic carbocycles. The van der Waals surface area contributed by atoms with Crippen molar-refractivity contribution in [1.82, 2.24) is 15.2 Å². The monoisotopic (exact) mass is 428 g/mol. The molecule has 8 heteroatoms. The summed E-state index contributed by atoms with van der Waals surface area (Å²) in [5.74, 6) is -0.766. The average Bonchev–Trinajstić information content (AvgIpc) is 3.15. The highest BCUT2D eigenvalue weighted by atomic mass is 16.5. The number of piperidine rings is 2. The minimum atomic E-state index is -0.294. The first-order valence-corrected chi connectivity index (χ1v) is 11.3. The normalized spacial score (nSPS) is 27.3. The van der Waals surface area contributed by atoms with Gasteiger partial charge in [-0.25, -0.2) is 10.4 Å². The highest BCUT2D eigenvalue weighted by Crippen LogP contribution is 2.33. The first kappa shape index (κ1) is 21.8. The van der Waals surface area contributed by atoms with Crippen molar-refractivity contribution in [2.45, 2.75) is 32.2 Å². The van der Waals surface area contributed by atoms with Crippen LogP contribution in [0.1, 0.15) is 26.2 Å².